The highest BCUT2D eigenvalue weighted by molar-refractivity contribution is 5.95. The second-order valence-corrected chi connectivity index (χ2v) is 7.30. The lowest BCUT2D eigenvalue weighted by molar-refractivity contribution is 0.0697. The zero-order valence-electron chi connectivity index (χ0n) is 15.8. The fourth-order valence-electron chi connectivity index (χ4n) is 3.85. The van der Waals surface area contributed by atoms with Crippen LogP contribution in [0.3, 0.4) is 0 Å². The lowest BCUT2D eigenvalue weighted by Crippen LogP contribution is -2.34. The lowest BCUT2D eigenvalue weighted by Gasteiger charge is -2.31. The Hall–Kier alpha value is -2.99. The van der Waals surface area contributed by atoms with E-state index in [1.54, 1.807) is 12.1 Å². The molecular weight excluding hydrogens is 354 g/mol. The molecule has 144 valence electrons. The quantitative estimate of drug-likeness (QED) is 0.720. The summed E-state index contributed by atoms with van der Waals surface area (Å²) in [7, 11) is 0. The van der Waals surface area contributed by atoms with E-state index in [1.165, 1.54) is 5.56 Å². The van der Waals surface area contributed by atoms with Crippen LogP contribution < -0.4 is 0 Å². The summed E-state index contributed by atoms with van der Waals surface area (Å²) in [6, 6.07) is 15.3. The Bertz CT molecular complexity index is 965. The van der Waals surface area contributed by atoms with E-state index in [4.69, 9.17) is 4.52 Å². The zero-order chi connectivity index (χ0) is 19.5. The fourth-order valence-corrected chi connectivity index (χ4v) is 3.85. The average molecular weight is 377 g/mol. The molecule has 0 radical (unpaired) electrons. The van der Waals surface area contributed by atoms with Gasteiger partial charge < -0.3 is 9.63 Å². The van der Waals surface area contributed by atoms with Crippen molar-refractivity contribution in [2.24, 2.45) is 0 Å². The van der Waals surface area contributed by atoms with E-state index in [-0.39, 0.29) is 5.92 Å². The number of hydrogen-bond donors (Lipinski definition) is 1. The van der Waals surface area contributed by atoms with Crippen molar-refractivity contribution in [1.29, 1.82) is 0 Å². The molecule has 0 amide bonds. The Morgan fingerprint density at radius 1 is 1.21 bits per heavy atom. The number of likely N-dealkylation sites (tertiary alicyclic amines) is 1. The summed E-state index contributed by atoms with van der Waals surface area (Å²) in [6.45, 7) is 4.65. The number of aryl methyl sites for hydroxylation is 1. The van der Waals surface area contributed by atoms with Gasteiger partial charge in [-0.25, -0.2) is 4.79 Å². The van der Waals surface area contributed by atoms with E-state index < -0.39 is 5.97 Å². The fraction of sp³-hybridized carbons (Fsp3) is 0.318. The zero-order valence-corrected chi connectivity index (χ0v) is 15.8. The summed E-state index contributed by atoms with van der Waals surface area (Å²) < 4.78 is 5.36. The molecule has 1 N–H and O–H groups in total. The molecule has 0 saturated carbocycles. The first-order chi connectivity index (χ1) is 13.6. The predicted molar refractivity (Wildman–Crippen MR) is 105 cm³/mol. The smallest absolute Gasteiger partial charge is 0.336 e. The van der Waals surface area contributed by atoms with Gasteiger partial charge in [-0.15, -0.1) is 0 Å². The largest absolute Gasteiger partial charge is 0.478 e. The topological polar surface area (TPSA) is 79.5 Å². The van der Waals surface area contributed by atoms with E-state index in [1.807, 2.05) is 31.2 Å². The second kappa shape index (κ2) is 7.94. The molecule has 3 aromatic rings. The van der Waals surface area contributed by atoms with Gasteiger partial charge in [0.1, 0.15) is 0 Å². The van der Waals surface area contributed by atoms with Crippen LogP contribution in [0.4, 0.5) is 0 Å². The first kappa shape index (κ1) is 18.4. The first-order valence-electron chi connectivity index (χ1n) is 9.54. The van der Waals surface area contributed by atoms with Crippen LogP contribution in [-0.2, 0) is 6.54 Å². The number of carboxylic acids is 1. The number of rotatable bonds is 5. The van der Waals surface area contributed by atoms with Crippen LogP contribution in [0.5, 0.6) is 0 Å². The monoisotopic (exact) mass is 377 g/mol. The van der Waals surface area contributed by atoms with E-state index in [2.05, 4.69) is 27.2 Å². The molecular formula is C22H23N3O3. The van der Waals surface area contributed by atoms with Crippen LogP contribution in [0.1, 0.15) is 46.4 Å². The number of aromatic nitrogens is 2. The summed E-state index contributed by atoms with van der Waals surface area (Å²) in [5.41, 5.74) is 3.19. The van der Waals surface area contributed by atoms with Crippen molar-refractivity contribution in [1.82, 2.24) is 15.0 Å². The van der Waals surface area contributed by atoms with Gasteiger partial charge in [0.05, 0.1) is 11.5 Å². The third-order valence-corrected chi connectivity index (χ3v) is 5.23. The number of hydrogen-bond acceptors (Lipinski definition) is 5. The maximum atomic E-state index is 11.5. The summed E-state index contributed by atoms with van der Waals surface area (Å²) >= 11 is 0. The molecule has 1 unspecified atom stereocenters. The molecule has 4 rings (SSSR count). The van der Waals surface area contributed by atoms with Gasteiger partial charge in [-0.2, -0.15) is 4.98 Å². The normalized spacial score (nSPS) is 17.5. The van der Waals surface area contributed by atoms with Gasteiger partial charge in [-0.1, -0.05) is 47.6 Å². The molecule has 1 fully saturated rings. The van der Waals surface area contributed by atoms with E-state index in [0.29, 0.717) is 11.4 Å². The summed E-state index contributed by atoms with van der Waals surface area (Å²) in [5.74, 6) is 0.805. The molecule has 0 aliphatic carbocycles. The number of nitrogens with zero attached hydrogens (tertiary/aromatic N) is 3. The van der Waals surface area contributed by atoms with Gasteiger partial charge in [0.15, 0.2) is 5.82 Å². The highest BCUT2D eigenvalue weighted by Gasteiger charge is 2.25. The van der Waals surface area contributed by atoms with Gasteiger partial charge >= 0.3 is 5.97 Å². The van der Waals surface area contributed by atoms with Crippen LogP contribution in [0.2, 0.25) is 0 Å². The van der Waals surface area contributed by atoms with E-state index in [0.717, 1.165) is 49.5 Å². The van der Waals surface area contributed by atoms with Crippen LogP contribution >= 0.6 is 0 Å². The highest BCUT2D eigenvalue weighted by Crippen LogP contribution is 2.28. The maximum Gasteiger partial charge on any atom is 0.336 e. The molecule has 6 nitrogen and oxygen atoms in total. The second-order valence-electron chi connectivity index (χ2n) is 7.30. The van der Waals surface area contributed by atoms with Gasteiger partial charge in [-0.3, -0.25) is 4.90 Å². The van der Waals surface area contributed by atoms with E-state index in [9.17, 15) is 9.90 Å². The minimum absolute atomic E-state index is 0.289. The SMILES string of the molecule is Cc1noc(C2CCCN(Cc3ccc(-c4ccccc4C(=O)O)cc3)C2)n1. The van der Waals surface area contributed by atoms with Crippen molar-refractivity contribution in [3.05, 3.63) is 71.4 Å². The Morgan fingerprint density at radius 2 is 2.00 bits per heavy atom. The van der Waals surface area contributed by atoms with Gasteiger partial charge in [0.2, 0.25) is 5.89 Å². The Kier molecular flexibility index (Phi) is 5.21. The molecule has 1 aliphatic rings. The van der Waals surface area contributed by atoms with Crippen LogP contribution in [-0.4, -0.2) is 39.2 Å². The standard InChI is InChI=1S/C22H23N3O3/c1-15-23-21(28-24-15)18-5-4-12-25(14-18)13-16-8-10-17(11-9-16)19-6-2-3-7-20(19)22(26)27/h2-3,6-11,18H,4-5,12-14H2,1H3,(H,26,27). The number of benzene rings is 2. The number of carbonyl (C=O) groups is 1. The molecule has 1 aromatic heterocycles. The Morgan fingerprint density at radius 3 is 2.71 bits per heavy atom. The predicted octanol–water partition coefficient (Wildman–Crippen LogP) is 4.12. The molecule has 28 heavy (non-hydrogen) atoms. The molecule has 1 aliphatic heterocycles. The third kappa shape index (κ3) is 3.97. The molecule has 0 spiro atoms. The third-order valence-electron chi connectivity index (χ3n) is 5.23. The molecule has 0 bridgehead atoms. The number of aromatic carboxylic acids is 1. The summed E-state index contributed by atoms with van der Waals surface area (Å²) in [6.07, 6.45) is 2.18. The lowest BCUT2D eigenvalue weighted by atomic mass is 9.96. The van der Waals surface area contributed by atoms with Gasteiger partial charge in [0.25, 0.3) is 0 Å². The van der Waals surface area contributed by atoms with Crippen LogP contribution in [0.25, 0.3) is 11.1 Å². The van der Waals surface area contributed by atoms with E-state index >= 15 is 0 Å². The molecule has 6 heteroatoms. The Balaban J connectivity index is 1.45. The molecule has 2 aromatic carbocycles. The van der Waals surface area contributed by atoms with Crippen molar-refractivity contribution in [2.75, 3.05) is 13.1 Å². The van der Waals surface area contributed by atoms with Crippen molar-refractivity contribution in [3.8, 4) is 11.1 Å². The highest BCUT2D eigenvalue weighted by atomic mass is 16.5. The number of carboxylic acid groups (broad SMARTS) is 1. The van der Waals surface area contributed by atoms with Crippen molar-refractivity contribution >= 4 is 5.97 Å². The Labute approximate surface area is 163 Å². The molecule has 2 heterocycles. The van der Waals surface area contributed by atoms with Crippen molar-refractivity contribution < 1.29 is 14.4 Å². The van der Waals surface area contributed by atoms with Gasteiger partial charge in [-0.05, 0) is 49.1 Å². The van der Waals surface area contributed by atoms with Gasteiger partial charge in [0, 0.05) is 13.1 Å². The summed E-state index contributed by atoms with van der Waals surface area (Å²) in [5, 5.41) is 13.3. The summed E-state index contributed by atoms with van der Waals surface area (Å²) in [4.78, 5) is 18.3. The number of piperidine rings is 1. The molecule has 1 saturated heterocycles. The van der Waals surface area contributed by atoms with Crippen molar-refractivity contribution in [2.45, 2.75) is 32.2 Å². The minimum Gasteiger partial charge on any atom is -0.478 e. The van der Waals surface area contributed by atoms with Crippen molar-refractivity contribution in [3.63, 3.8) is 0 Å². The maximum absolute atomic E-state index is 11.5. The average Bonchev–Trinajstić information content (AvgIpc) is 3.15. The molecule has 1 atom stereocenters. The minimum atomic E-state index is -0.907. The van der Waals surface area contributed by atoms with Crippen LogP contribution in [0, 0.1) is 6.92 Å². The van der Waals surface area contributed by atoms with Crippen LogP contribution in [0.15, 0.2) is 53.1 Å². The first-order valence-corrected chi connectivity index (χ1v) is 9.54.